The minimum Gasteiger partial charge on any atom is -0.456 e. The van der Waals surface area contributed by atoms with Crippen LogP contribution in [0.1, 0.15) is 29.2 Å². The molecule has 0 fully saturated rings. The summed E-state index contributed by atoms with van der Waals surface area (Å²) in [4.78, 5) is 2.56. The molecule has 12 rings (SSSR count). The second-order valence-corrected chi connectivity index (χ2v) is 16.1. The van der Waals surface area contributed by atoms with Crippen LogP contribution in [0.15, 0.2) is 205 Å². The van der Waals surface area contributed by atoms with Gasteiger partial charge in [-0.1, -0.05) is 159 Å². The van der Waals surface area contributed by atoms with E-state index in [0.717, 1.165) is 33.4 Å². The molecule has 2 aliphatic rings. The van der Waals surface area contributed by atoms with E-state index in [2.05, 4.69) is 229 Å². The van der Waals surface area contributed by atoms with Crippen molar-refractivity contribution in [2.75, 3.05) is 4.90 Å². The highest BCUT2D eigenvalue weighted by molar-refractivity contribution is 6.10. The highest BCUT2D eigenvalue weighted by atomic mass is 16.3. The van der Waals surface area contributed by atoms with Crippen molar-refractivity contribution in [2.45, 2.75) is 18.4 Å². The second kappa shape index (κ2) is 13.1. The van der Waals surface area contributed by atoms with Crippen molar-refractivity contribution in [1.82, 2.24) is 4.57 Å². The summed E-state index contributed by atoms with van der Waals surface area (Å²) in [5.41, 5.74) is 14.8. The zero-order valence-electron chi connectivity index (χ0n) is 32.7. The van der Waals surface area contributed by atoms with Crippen LogP contribution in [0.4, 0.5) is 11.4 Å². The highest BCUT2D eigenvalue weighted by Crippen LogP contribution is 2.57. The van der Waals surface area contributed by atoms with E-state index < -0.39 is 5.41 Å². The number of nitrogens with zero attached hydrogens (tertiary/aromatic N) is 2. The number of furan rings is 1. The van der Waals surface area contributed by atoms with Gasteiger partial charge in [-0.3, -0.25) is 0 Å². The van der Waals surface area contributed by atoms with Crippen LogP contribution in [0.3, 0.4) is 0 Å². The molecule has 2 aromatic heterocycles. The molecule has 2 atom stereocenters. The van der Waals surface area contributed by atoms with E-state index in [9.17, 15) is 0 Å². The highest BCUT2D eigenvalue weighted by Gasteiger charge is 2.46. The molecule has 2 unspecified atom stereocenters. The Morgan fingerprint density at radius 2 is 1.08 bits per heavy atom. The van der Waals surface area contributed by atoms with E-state index in [0.29, 0.717) is 0 Å². The van der Waals surface area contributed by atoms with Crippen LogP contribution < -0.4 is 15.5 Å². The lowest BCUT2D eigenvalue weighted by atomic mass is 9.67. The van der Waals surface area contributed by atoms with Gasteiger partial charge in [0, 0.05) is 38.4 Å². The normalized spacial score (nSPS) is 16.3. The van der Waals surface area contributed by atoms with Crippen molar-refractivity contribution in [1.29, 1.82) is 0 Å². The van der Waals surface area contributed by atoms with Crippen molar-refractivity contribution in [3.63, 3.8) is 0 Å². The molecular weight excluding hydrogens is 717 g/mol. The third-order valence-electron chi connectivity index (χ3n) is 12.9. The molecule has 0 radical (unpaired) electrons. The molecule has 3 heteroatoms. The number of benzene rings is 8. The molecule has 2 aliphatic carbocycles. The summed E-state index contributed by atoms with van der Waals surface area (Å²) < 4.78 is 9.01. The lowest BCUT2D eigenvalue weighted by molar-refractivity contribution is 0.557. The van der Waals surface area contributed by atoms with Gasteiger partial charge in [-0.05, 0) is 100.0 Å². The number of hydrogen-bond donors (Lipinski definition) is 0. The van der Waals surface area contributed by atoms with Gasteiger partial charge in [-0.15, -0.1) is 0 Å². The summed E-state index contributed by atoms with van der Waals surface area (Å²) in [6, 6.07) is 73.3. The maximum absolute atomic E-state index is 6.62. The van der Waals surface area contributed by atoms with Crippen LogP contribution in [0.2, 0.25) is 0 Å². The molecule has 59 heavy (non-hydrogen) atoms. The third-order valence-corrected chi connectivity index (χ3v) is 12.9. The van der Waals surface area contributed by atoms with Crippen LogP contribution >= 0.6 is 0 Å². The lowest BCUT2D eigenvalue weighted by Crippen LogP contribution is -2.41. The minimum atomic E-state index is -0.511. The van der Waals surface area contributed by atoms with Gasteiger partial charge in [-0.25, -0.2) is 0 Å². The van der Waals surface area contributed by atoms with Crippen molar-refractivity contribution in [3.05, 3.63) is 233 Å². The van der Waals surface area contributed by atoms with E-state index in [4.69, 9.17) is 4.42 Å². The summed E-state index contributed by atoms with van der Waals surface area (Å²) in [6.45, 7) is 2.35. The van der Waals surface area contributed by atoms with E-state index in [1.807, 2.05) is 0 Å². The molecule has 0 N–H and O–H groups in total. The van der Waals surface area contributed by atoms with Crippen molar-refractivity contribution in [3.8, 4) is 16.8 Å². The smallest absolute Gasteiger partial charge is 0.135 e. The summed E-state index contributed by atoms with van der Waals surface area (Å²) in [6.07, 6.45) is 4.78. The minimum absolute atomic E-state index is 0.0346. The Morgan fingerprint density at radius 1 is 0.492 bits per heavy atom. The lowest BCUT2D eigenvalue weighted by Gasteiger charge is -2.38. The summed E-state index contributed by atoms with van der Waals surface area (Å²) in [5.74, 6) is 0.170. The first-order valence-corrected chi connectivity index (χ1v) is 20.6. The van der Waals surface area contributed by atoms with Gasteiger partial charge in [-0.2, -0.15) is 0 Å². The van der Waals surface area contributed by atoms with Gasteiger partial charge in [0.1, 0.15) is 11.0 Å². The monoisotopic (exact) mass is 756 g/mol. The average Bonchev–Trinajstić information content (AvgIpc) is 3.93. The Balaban J connectivity index is 1.14. The summed E-state index contributed by atoms with van der Waals surface area (Å²) in [7, 11) is 0. The number of rotatable bonds is 6. The van der Waals surface area contributed by atoms with Crippen molar-refractivity contribution < 1.29 is 4.42 Å². The molecule has 3 nitrogen and oxygen atoms in total. The standard InChI is InChI=1S/C56H40N2O/c1-37-33-48-46-25-13-16-28-54(46)59-55(48)36-53(37)57(41-30-32-52-47(34-41)45-24-12-15-27-51(45)58(52)40-21-9-4-10-22-40)42-29-31-44-43-23-11-14-26-49(43)56(50(44)35-42,38-17-5-2-6-18-38)39-19-7-3-8-20-39/h2-37,53H,1H3. The van der Waals surface area contributed by atoms with Crippen LogP contribution in [0.5, 0.6) is 0 Å². The predicted octanol–water partition coefficient (Wildman–Crippen LogP) is 12.3. The topological polar surface area (TPSA) is 21.3 Å². The molecule has 280 valence electrons. The fraction of sp³-hybridized carbons (Fsp3) is 0.0714. The molecular formula is C56H40N2O. The molecule has 0 amide bonds. The molecule has 8 aromatic carbocycles. The SMILES string of the molecule is CC1C=c2c(oc3ccccc23)=CC1N(c1ccc2c(c1)C(c1ccccc1)(c1ccccc1)c1ccccc1-2)c1ccc2c(c1)c1ccccc1n2-c1ccccc1. The molecule has 0 spiro atoms. The third kappa shape index (κ3) is 4.95. The number of aromatic nitrogens is 1. The van der Waals surface area contributed by atoms with Gasteiger partial charge < -0.3 is 13.9 Å². The molecule has 0 saturated carbocycles. The van der Waals surface area contributed by atoms with E-state index in [1.54, 1.807) is 0 Å². The van der Waals surface area contributed by atoms with Gasteiger partial charge in [0.05, 0.1) is 22.5 Å². The Hall–Kier alpha value is -7.36. The van der Waals surface area contributed by atoms with Crippen LogP contribution in [0, 0.1) is 5.92 Å². The first kappa shape index (κ1) is 33.7. The zero-order chi connectivity index (χ0) is 39.1. The maximum Gasteiger partial charge on any atom is 0.135 e. The Bertz CT molecular complexity index is 3320. The molecule has 0 bridgehead atoms. The molecule has 10 aromatic rings. The summed E-state index contributed by atoms with van der Waals surface area (Å²) >= 11 is 0. The van der Waals surface area contributed by atoms with Crippen LogP contribution in [0.25, 0.3) is 61.7 Å². The van der Waals surface area contributed by atoms with Crippen LogP contribution in [-0.2, 0) is 5.41 Å². The molecule has 0 aliphatic heterocycles. The van der Waals surface area contributed by atoms with Gasteiger partial charge in [0.15, 0.2) is 0 Å². The first-order chi connectivity index (χ1) is 29.2. The van der Waals surface area contributed by atoms with Gasteiger partial charge in [0.25, 0.3) is 0 Å². The number of para-hydroxylation sites is 3. The molecule has 2 heterocycles. The Kier molecular flexibility index (Phi) is 7.49. The van der Waals surface area contributed by atoms with E-state index >= 15 is 0 Å². The first-order valence-electron chi connectivity index (χ1n) is 20.6. The second-order valence-electron chi connectivity index (χ2n) is 16.1. The Morgan fingerprint density at radius 3 is 1.86 bits per heavy atom. The zero-order valence-corrected chi connectivity index (χ0v) is 32.7. The molecule has 0 saturated heterocycles. The predicted molar refractivity (Wildman–Crippen MR) is 244 cm³/mol. The maximum atomic E-state index is 6.62. The largest absolute Gasteiger partial charge is 0.456 e. The van der Waals surface area contributed by atoms with Crippen molar-refractivity contribution in [2.24, 2.45) is 5.92 Å². The van der Waals surface area contributed by atoms with Gasteiger partial charge in [0.2, 0.25) is 0 Å². The number of fused-ring (bicyclic) bond motifs is 9. The van der Waals surface area contributed by atoms with E-state index in [1.165, 1.54) is 60.4 Å². The van der Waals surface area contributed by atoms with Gasteiger partial charge >= 0.3 is 0 Å². The number of anilines is 2. The van der Waals surface area contributed by atoms with E-state index in [-0.39, 0.29) is 12.0 Å². The number of hydrogen-bond acceptors (Lipinski definition) is 2. The average molecular weight is 757 g/mol. The van der Waals surface area contributed by atoms with Crippen LogP contribution in [-0.4, -0.2) is 10.6 Å². The fourth-order valence-corrected chi connectivity index (χ4v) is 10.4. The Labute approximate surface area is 343 Å². The fourth-order valence-electron chi connectivity index (χ4n) is 10.4. The van der Waals surface area contributed by atoms with Crippen molar-refractivity contribution >= 4 is 56.3 Å². The quantitative estimate of drug-likeness (QED) is 0.168. The summed E-state index contributed by atoms with van der Waals surface area (Å²) in [5, 5.41) is 4.80.